The second-order valence-corrected chi connectivity index (χ2v) is 2.34. The van der Waals surface area contributed by atoms with Crippen LogP contribution in [0.2, 0.25) is 0 Å². The second-order valence-electron chi connectivity index (χ2n) is 2.34. The standard InChI is InChI=1S/C6H8F3N/c7-6(8,9)4-2-1-3-5(4)10/h2,5H,1,3,10H2. The molecule has 1 aliphatic carbocycles. The van der Waals surface area contributed by atoms with Crippen LogP contribution in [-0.2, 0) is 0 Å². The zero-order valence-electron chi connectivity index (χ0n) is 5.28. The summed E-state index contributed by atoms with van der Waals surface area (Å²) in [6, 6.07) is -0.792. The van der Waals surface area contributed by atoms with Gasteiger partial charge in [0.15, 0.2) is 0 Å². The molecule has 1 rings (SSSR count). The van der Waals surface area contributed by atoms with Gasteiger partial charge >= 0.3 is 6.18 Å². The molecule has 0 amide bonds. The van der Waals surface area contributed by atoms with Crippen LogP contribution in [0, 0.1) is 0 Å². The first-order valence-electron chi connectivity index (χ1n) is 3.04. The van der Waals surface area contributed by atoms with Crippen LogP contribution < -0.4 is 5.73 Å². The molecule has 0 heterocycles. The average Bonchev–Trinajstić information content (AvgIpc) is 2.11. The molecule has 10 heavy (non-hydrogen) atoms. The summed E-state index contributed by atoms with van der Waals surface area (Å²) in [5.41, 5.74) is 4.61. The zero-order valence-corrected chi connectivity index (χ0v) is 5.28. The number of hydrogen-bond acceptors (Lipinski definition) is 1. The summed E-state index contributed by atoms with van der Waals surface area (Å²) in [5, 5.41) is 0. The largest absolute Gasteiger partial charge is 0.413 e. The second kappa shape index (κ2) is 2.27. The van der Waals surface area contributed by atoms with E-state index in [1.807, 2.05) is 0 Å². The molecule has 0 radical (unpaired) electrons. The normalized spacial score (nSPS) is 26.8. The van der Waals surface area contributed by atoms with Crippen molar-refractivity contribution in [1.29, 1.82) is 0 Å². The van der Waals surface area contributed by atoms with Gasteiger partial charge in [-0.05, 0) is 12.8 Å². The maximum atomic E-state index is 11.9. The fourth-order valence-electron chi connectivity index (χ4n) is 1.05. The molecule has 0 bridgehead atoms. The fraction of sp³-hybridized carbons (Fsp3) is 0.667. The van der Waals surface area contributed by atoms with Crippen molar-refractivity contribution in [2.45, 2.75) is 25.1 Å². The Labute approximate surface area is 56.7 Å². The van der Waals surface area contributed by atoms with Gasteiger partial charge in [0.25, 0.3) is 0 Å². The van der Waals surface area contributed by atoms with Crippen molar-refractivity contribution in [3.63, 3.8) is 0 Å². The van der Waals surface area contributed by atoms with Gasteiger partial charge < -0.3 is 5.73 Å². The molecule has 0 aromatic carbocycles. The Bertz CT molecular complexity index is 159. The number of nitrogens with two attached hydrogens (primary N) is 1. The summed E-state index contributed by atoms with van der Waals surface area (Å²) >= 11 is 0. The first kappa shape index (κ1) is 7.60. The van der Waals surface area contributed by atoms with E-state index in [4.69, 9.17) is 5.73 Å². The molecule has 0 fully saturated rings. The minimum Gasteiger partial charge on any atom is -0.324 e. The smallest absolute Gasteiger partial charge is 0.324 e. The number of alkyl halides is 3. The highest BCUT2D eigenvalue weighted by molar-refractivity contribution is 5.20. The highest BCUT2D eigenvalue weighted by atomic mass is 19.4. The lowest BCUT2D eigenvalue weighted by atomic mass is 10.1. The van der Waals surface area contributed by atoms with Crippen LogP contribution in [0.1, 0.15) is 12.8 Å². The van der Waals surface area contributed by atoms with Gasteiger partial charge in [-0.25, -0.2) is 0 Å². The molecule has 4 heteroatoms. The predicted molar refractivity (Wildman–Crippen MR) is 31.3 cm³/mol. The van der Waals surface area contributed by atoms with Gasteiger partial charge in [0.1, 0.15) is 0 Å². The molecule has 1 nitrogen and oxygen atoms in total. The number of rotatable bonds is 0. The summed E-state index contributed by atoms with van der Waals surface area (Å²) in [6.07, 6.45) is -2.16. The van der Waals surface area contributed by atoms with E-state index in [1.165, 1.54) is 6.08 Å². The predicted octanol–water partition coefficient (Wildman–Crippen LogP) is 1.60. The fourth-order valence-corrected chi connectivity index (χ4v) is 1.05. The topological polar surface area (TPSA) is 26.0 Å². The third kappa shape index (κ3) is 1.31. The molecule has 0 aromatic heterocycles. The van der Waals surface area contributed by atoms with Crippen LogP contribution in [0.3, 0.4) is 0 Å². The van der Waals surface area contributed by atoms with E-state index < -0.39 is 17.8 Å². The zero-order chi connectivity index (χ0) is 7.78. The molecule has 1 aliphatic rings. The molecular weight excluding hydrogens is 143 g/mol. The highest BCUT2D eigenvalue weighted by Crippen LogP contribution is 2.32. The van der Waals surface area contributed by atoms with Crippen molar-refractivity contribution in [3.05, 3.63) is 11.6 Å². The van der Waals surface area contributed by atoms with Crippen LogP contribution in [0.15, 0.2) is 11.6 Å². The Kier molecular flexibility index (Phi) is 1.72. The van der Waals surface area contributed by atoms with E-state index in [2.05, 4.69) is 0 Å². The van der Waals surface area contributed by atoms with E-state index in [0.29, 0.717) is 12.8 Å². The molecule has 0 saturated carbocycles. The lowest BCUT2D eigenvalue weighted by molar-refractivity contribution is -0.0945. The van der Waals surface area contributed by atoms with Gasteiger partial charge in [0.2, 0.25) is 0 Å². The highest BCUT2D eigenvalue weighted by Gasteiger charge is 2.38. The third-order valence-corrected chi connectivity index (χ3v) is 1.57. The van der Waals surface area contributed by atoms with Crippen molar-refractivity contribution >= 4 is 0 Å². The molecule has 2 N–H and O–H groups in total. The summed E-state index contributed by atoms with van der Waals surface area (Å²) in [5.74, 6) is 0. The molecule has 0 aromatic rings. The molecule has 58 valence electrons. The van der Waals surface area contributed by atoms with E-state index in [0.717, 1.165) is 0 Å². The number of allylic oxidation sites excluding steroid dienone is 1. The van der Waals surface area contributed by atoms with E-state index in [1.54, 1.807) is 0 Å². The van der Waals surface area contributed by atoms with Crippen LogP contribution in [-0.4, -0.2) is 12.2 Å². The van der Waals surface area contributed by atoms with Gasteiger partial charge in [0, 0.05) is 11.6 Å². The van der Waals surface area contributed by atoms with Crippen molar-refractivity contribution in [2.75, 3.05) is 0 Å². The average molecular weight is 151 g/mol. The summed E-state index contributed by atoms with van der Waals surface area (Å²) in [7, 11) is 0. The number of halogens is 3. The Morgan fingerprint density at radius 1 is 1.50 bits per heavy atom. The Hall–Kier alpha value is -0.510. The minimum atomic E-state index is -4.21. The minimum absolute atomic E-state index is 0.425. The summed E-state index contributed by atoms with van der Waals surface area (Å²) in [6.45, 7) is 0. The van der Waals surface area contributed by atoms with Crippen LogP contribution in [0.5, 0.6) is 0 Å². The molecule has 1 unspecified atom stereocenters. The van der Waals surface area contributed by atoms with Crippen molar-refractivity contribution in [1.82, 2.24) is 0 Å². The van der Waals surface area contributed by atoms with Crippen molar-refractivity contribution in [2.24, 2.45) is 5.73 Å². The van der Waals surface area contributed by atoms with Crippen LogP contribution in [0.25, 0.3) is 0 Å². The molecule has 0 aliphatic heterocycles. The quantitative estimate of drug-likeness (QED) is 0.523. The number of hydrogen-bond donors (Lipinski definition) is 1. The monoisotopic (exact) mass is 151 g/mol. The van der Waals surface area contributed by atoms with Crippen LogP contribution >= 0.6 is 0 Å². The lowest BCUT2D eigenvalue weighted by Crippen LogP contribution is -2.28. The van der Waals surface area contributed by atoms with E-state index in [9.17, 15) is 13.2 Å². The van der Waals surface area contributed by atoms with Crippen molar-refractivity contribution < 1.29 is 13.2 Å². The van der Waals surface area contributed by atoms with Crippen LogP contribution in [0.4, 0.5) is 13.2 Å². The van der Waals surface area contributed by atoms with E-state index in [-0.39, 0.29) is 0 Å². The first-order valence-corrected chi connectivity index (χ1v) is 3.04. The van der Waals surface area contributed by atoms with Gasteiger partial charge in [0.05, 0.1) is 0 Å². The van der Waals surface area contributed by atoms with Crippen molar-refractivity contribution in [3.8, 4) is 0 Å². The SMILES string of the molecule is NC1CCC=C1C(F)(F)F. The Balaban J connectivity index is 2.72. The molecule has 1 atom stereocenters. The Morgan fingerprint density at radius 3 is 2.30 bits per heavy atom. The molecule has 0 spiro atoms. The van der Waals surface area contributed by atoms with Gasteiger partial charge in [-0.15, -0.1) is 0 Å². The Morgan fingerprint density at radius 2 is 2.10 bits per heavy atom. The van der Waals surface area contributed by atoms with Gasteiger partial charge in [-0.3, -0.25) is 0 Å². The third-order valence-electron chi connectivity index (χ3n) is 1.57. The molecule has 0 saturated heterocycles. The van der Waals surface area contributed by atoms with E-state index >= 15 is 0 Å². The van der Waals surface area contributed by atoms with Gasteiger partial charge in [-0.1, -0.05) is 6.08 Å². The van der Waals surface area contributed by atoms with Gasteiger partial charge in [-0.2, -0.15) is 13.2 Å². The summed E-state index contributed by atoms with van der Waals surface area (Å²) < 4.78 is 35.6. The maximum Gasteiger partial charge on any atom is 0.413 e. The molecular formula is C6H8F3N. The lowest BCUT2D eigenvalue weighted by Gasteiger charge is -2.11. The maximum absolute atomic E-state index is 11.9. The first-order chi connectivity index (χ1) is 4.52. The summed E-state index contributed by atoms with van der Waals surface area (Å²) in [4.78, 5) is 0.